The highest BCUT2D eigenvalue weighted by molar-refractivity contribution is 5.26. The van der Waals surface area contributed by atoms with Crippen LogP contribution < -0.4 is 5.32 Å². The molecule has 1 unspecified atom stereocenters. The Morgan fingerprint density at radius 3 is 2.33 bits per heavy atom. The first-order valence-corrected chi connectivity index (χ1v) is 5.83. The topological polar surface area (TPSA) is 12.0 Å². The van der Waals surface area contributed by atoms with Crippen LogP contribution in [0.3, 0.4) is 0 Å². The monoisotopic (exact) mass is 255 g/mol. The molecule has 0 heterocycles. The van der Waals surface area contributed by atoms with E-state index in [1.165, 1.54) is 12.1 Å². The Morgan fingerprint density at radius 1 is 1.28 bits per heavy atom. The van der Waals surface area contributed by atoms with Gasteiger partial charge in [0.05, 0.1) is 11.6 Å². The third-order valence-electron chi connectivity index (χ3n) is 2.56. The van der Waals surface area contributed by atoms with E-state index in [2.05, 4.69) is 11.2 Å². The van der Waals surface area contributed by atoms with Crippen LogP contribution in [0.15, 0.2) is 24.3 Å². The molecular formula is C14H16F3N. The van der Waals surface area contributed by atoms with Crippen molar-refractivity contribution in [2.24, 2.45) is 0 Å². The molecule has 1 atom stereocenters. The molecule has 0 aliphatic carbocycles. The summed E-state index contributed by atoms with van der Waals surface area (Å²) in [4.78, 5) is 0. The Labute approximate surface area is 105 Å². The van der Waals surface area contributed by atoms with Gasteiger partial charge in [-0.2, -0.15) is 13.2 Å². The summed E-state index contributed by atoms with van der Waals surface area (Å²) in [6.45, 7) is 2.83. The first kappa shape index (κ1) is 14.6. The predicted octanol–water partition coefficient (Wildman–Crippen LogP) is 3.25. The Kier molecular flexibility index (Phi) is 5.24. The van der Waals surface area contributed by atoms with Gasteiger partial charge >= 0.3 is 6.18 Å². The van der Waals surface area contributed by atoms with Gasteiger partial charge in [-0.05, 0) is 37.1 Å². The number of hydrogen-bond donors (Lipinski definition) is 1. The molecule has 0 spiro atoms. The van der Waals surface area contributed by atoms with E-state index in [1.54, 1.807) is 0 Å². The third kappa shape index (κ3) is 4.42. The molecule has 1 aromatic rings. The van der Waals surface area contributed by atoms with E-state index in [0.29, 0.717) is 6.42 Å². The number of halogens is 3. The second-order valence-electron chi connectivity index (χ2n) is 4.07. The van der Waals surface area contributed by atoms with Crippen molar-refractivity contribution in [1.82, 2.24) is 5.32 Å². The second kappa shape index (κ2) is 6.46. The van der Waals surface area contributed by atoms with E-state index >= 15 is 0 Å². The summed E-state index contributed by atoms with van der Waals surface area (Å²) in [6, 6.07) is 4.98. The molecule has 0 saturated carbocycles. The molecule has 0 fully saturated rings. The molecule has 0 saturated heterocycles. The lowest BCUT2D eigenvalue weighted by Crippen LogP contribution is -2.30. The lowest BCUT2D eigenvalue weighted by Gasteiger charge is -2.13. The summed E-state index contributed by atoms with van der Waals surface area (Å²) in [5.41, 5.74) is 0.166. The Balaban J connectivity index is 2.66. The van der Waals surface area contributed by atoms with Crippen molar-refractivity contribution in [1.29, 1.82) is 0 Å². The Morgan fingerprint density at radius 2 is 1.89 bits per heavy atom. The first-order chi connectivity index (χ1) is 8.47. The van der Waals surface area contributed by atoms with Crippen molar-refractivity contribution in [3.05, 3.63) is 35.4 Å². The highest BCUT2D eigenvalue weighted by Gasteiger charge is 2.29. The van der Waals surface area contributed by atoms with Crippen molar-refractivity contribution in [3.8, 4) is 12.3 Å². The number of terminal acetylenes is 1. The molecule has 1 nitrogen and oxygen atoms in total. The van der Waals surface area contributed by atoms with Gasteiger partial charge in [-0.3, -0.25) is 0 Å². The van der Waals surface area contributed by atoms with Crippen LogP contribution in [0.5, 0.6) is 0 Å². The zero-order valence-corrected chi connectivity index (χ0v) is 10.2. The molecule has 18 heavy (non-hydrogen) atoms. The standard InChI is InChI=1S/C14H16F3N/c1-3-9-18-13(4-2)10-11-5-7-12(8-6-11)14(15,16)17/h2,5-8,13,18H,3,9-10H2,1H3. The van der Waals surface area contributed by atoms with Crippen LogP contribution >= 0.6 is 0 Å². The minimum absolute atomic E-state index is 0.137. The summed E-state index contributed by atoms with van der Waals surface area (Å²) in [7, 11) is 0. The van der Waals surface area contributed by atoms with Crippen molar-refractivity contribution < 1.29 is 13.2 Å². The summed E-state index contributed by atoms with van der Waals surface area (Å²) in [6.07, 6.45) is 2.58. The van der Waals surface area contributed by atoms with Crippen molar-refractivity contribution in [2.75, 3.05) is 6.54 Å². The second-order valence-corrected chi connectivity index (χ2v) is 4.07. The molecule has 1 aromatic carbocycles. The summed E-state index contributed by atoms with van der Waals surface area (Å²) >= 11 is 0. The Bertz CT molecular complexity index is 401. The minimum Gasteiger partial charge on any atom is -0.303 e. The zero-order chi connectivity index (χ0) is 13.6. The van der Waals surface area contributed by atoms with Gasteiger partial charge in [0.1, 0.15) is 0 Å². The number of nitrogens with one attached hydrogen (secondary N) is 1. The van der Waals surface area contributed by atoms with Crippen LogP contribution in [-0.2, 0) is 12.6 Å². The average Bonchev–Trinajstić information content (AvgIpc) is 2.34. The van der Waals surface area contributed by atoms with Crippen LogP contribution in [0.1, 0.15) is 24.5 Å². The van der Waals surface area contributed by atoms with E-state index < -0.39 is 11.7 Å². The molecular weight excluding hydrogens is 239 g/mol. The zero-order valence-electron chi connectivity index (χ0n) is 10.2. The van der Waals surface area contributed by atoms with Gasteiger partial charge < -0.3 is 5.32 Å². The van der Waals surface area contributed by atoms with Gasteiger partial charge in [0, 0.05) is 0 Å². The van der Waals surface area contributed by atoms with Gasteiger partial charge in [-0.15, -0.1) is 6.42 Å². The molecule has 1 rings (SSSR count). The number of rotatable bonds is 5. The van der Waals surface area contributed by atoms with Gasteiger partial charge in [0.15, 0.2) is 0 Å². The van der Waals surface area contributed by atoms with Crippen LogP contribution in [0.25, 0.3) is 0 Å². The lowest BCUT2D eigenvalue weighted by atomic mass is 10.0. The number of benzene rings is 1. The van der Waals surface area contributed by atoms with E-state index in [9.17, 15) is 13.2 Å². The van der Waals surface area contributed by atoms with Crippen molar-refractivity contribution >= 4 is 0 Å². The van der Waals surface area contributed by atoms with E-state index in [0.717, 1.165) is 30.7 Å². The van der Waals surface area contributed by atoms with E-state index in [1.807, 2.05) is 6.92 Å². The Hall–Kier alpha value is -1.47. The van der Waals surface area contributed by atoms with Gasteiger partial charge in [0.25, 0.3) is 0 Å². The predicted molar refractivity (Wildman–Crippen MR) is 66.1 cm³/mol. The van der Waals surface area contributed by atoms with Crippen molar-refractivity contribution in [3.63, 3.8) is 0 Å². The molecule has 4 heteroatoms. The fourth-order valence-corrected chi connectivity index (χ4v) is 1.57. The minimum atomic E-state index is -4.29. The highest BCUT2D eigenvalue weighted by Crippen LogP contribution is 2.29. The average molecular weight is 255 g/mol. The summed E-state index contributed by atoms with van der Waals surface area (Å²) < 4.78 is 37.1. The maximum atomic E-state index is 12.4. The molecule has 0 aromatic heterocycles. The largest absolute Gasteiger partial charge is 0.416 e. The SMILES string of the molecule is C#CC(Cc1ccc(C(F)(F)F)cc1)NCCC. The normalized spacial score (nSPS) is 13.1. The van der Waals surface area contributed by atoms with Gasteiger partial charge in [-0.1, -0.05) is 25.0 Å². The first-order valence-electron chi connectivity index (χ1n) is 5.83. The quantitative estimate of drug-likeness (QED) is 0.796. The molecule has 98 valence electrons. The van der Waals surface area contributed by atoms with E-state index in [4.69, 9.17) is 6.42 Å². The fraction of sp³-hybridized carbons (Fsp3) is 0.429. The van der Waals surface area contributed by atoms with Crippen LogP contribution in [0.2, 0.25) is 0 Å². The summed E-state index contributed by atoms with van der Waals surface area (Å²) in [5.74, 6) is 2.60. The maximum absolute atomic E-state index is 12.4. The van der Waals surface area contributed by atoms with Gasteiger partial charge in [0.2, 0.25) is 0 Å². The third-order valence-corrected chi connectivity index (χ3v) is 2.56. The molecule has 0 radical (unpaired) electrons. The molecule has 0 aliphatic rings. The molecule has 0 aliphatic heterocycles. The smallest absolute Gasteiger partial charge is 0.303 e. The van der Waals surface area contributed by atoms with E-state index in [-0.39, 0.29) is 6.04 Å². The van der Waals surface area contributed by atoms with Gasteiger partial charge in [-0.25, -0.2) is 0 Å². The summed E-state index contributed by atoms with van der Waals surface area (Å²) in [5, 5.41) is 3.15. The number of alkyl halides is 3. The molecule has 0 bridgehead atoms. The van der Waals surface area contributed by atoms with Crippen LogP contribution in [0.4, 0.5) is 13.2 Å². The highest BCUT2D eigenvalue weighted by atomic mass is 19.4. The number of hydrogen-bond acceptors (Lipinski definition) is 1. The fourth-order valence-electron chi connectivity index (χ4n) is 1.57. The lowest BCUT2D eigenvalue weighted by molar-refractivity contribution is -0.137. The maximum Gasteiger partial charge on any atom is 0.416 e. The van der Waals surface area contributed by atoms with Crippen molar-refractivity contribution in [2.45, 2.75) is 32.0 Å². The molecule has 1 N–H and O–H groups in total. The van der Waals surface area contributed by atoms with Crippen LogP contribution in [0, 0.1) is 12.3 Å². The van der Waals surface area contributed by atoms with Crippen LogP contribution in [-0.4, -0.2) is 12.6 Å². The molecule has 0 amide bonds.